The Morgan fingerprint density at radius 2 is 1.82 bits per heavy atom. The van der Waals surface area contributed by atoms with Crippen molar-refractivity contribution in [3.63, 3.8) is 0 Å². The molecule has 0 bridgehead atoms. The van der Waals surface area contributed by atoms with E-state index in [0.717, 1.165) is 18.7 Å². The van der Waals surface area contributed by atoms with Gasteiger partial charge in [-0.05, 0) is 36.2 Å². The third-order valence-electron chi connectivity index (χ3n) is 4.93. The van der Waals surface area contributed by atoms with Gasteiger partial charge in [-0.25, -0.2) is 4.79 Å². The standard InChI is InChI=1S/C21H23N3O3S/c25-20(15-24-18-3-1-2-4-19(18)27-21(24)26)22-17-7-5-16(6-8-17)9-10-23-11-13-28-14-12-23/h1-8H,9-15H2,(H,22,25). The van der Waals surface area contributed by atoms with E-state index in [-0.39, 0.29) is 12.5 Å². The molecule has 2 aromatic carbocycles. The maximum Gasteiger partial charge on any atom is 0.420 e. The zero-order valence-electron chi connectivity index (χ0n) is 15.6. The van der Waals surface area contributed by atoms with Crippen LogP contribution in [0.3, 0.4) is 0 Å². The van der Waals surface area contributed by atoms with Gasteiger partial charge in [0.15, 0.2) is 5.58 Å². The third-order valence-corrected chi connectivity index (χ3v) is 5.88. The summed E-state index contributed by atoms with van der Waals surface area (Å²) in [6.07, 6.45) is 1.01. The number of rotatable bonds is 6. The highest BCUT2D eigenvalue weighted by Gasteiger charge is 2.13. The molecular formula is C21H23N3O3S. The van der Waals surface area contributed by atoms with E-state index in [9.17, 15) is 9.59 Å². The maximum atomic E-state index is 12.4. The summed E-state index contributed by atoms with van der Waals surface area (Å²) in [5.41, 5.74) is 3.09. The zero-order valence-corrected chi connectivity index (χ0v) is 16.4. The molecular weight excluding hydrogens is 374 g/mol. The van der Waals surface area contributed by atoms with Crippen molar-refractivity contribution in [2.45, 2.75) is 13.0 Å². The highest BCUT2D eigenvalue weighted by molar-refractivity contribution is 7.99. The van der Waals surface area contributed by atoms with Gasteiger partial charge in [-0.3, -0.25) is 9.36 Å². The van der Waals surface area contributed by atoms with Gasteiger partial charge in [0.1, 0.15) is 6.54 Å². The van der Waals surface area contributed by atoms with Gasteiger partial charge in [-0.15, -0.1) is 0 Å². The first kappa shape index (κ1) is 18.8. The molecule has 4 rings (SSSR count). The van der Waals surface area contributed by atoms with Gasteiger partial charge in [-0.2, -0.15) is 11.8 Å². The molecule has 1 fully saturated rings. The Bertz CT molecular complexity index is 1000. The lowest BCUT2D eigenvalue weighted by Crippen LogP contribution is -2.34. The molecule has 0 unspecified atom stereocenters. The van der Waals surface area contributed by atoms with Gasteiger partial charge >= 0.3 is 5.76 Å². The summed E-state index contributed by atoms with van der Waals surface area (Å²) in [6, 6.07) is 15.0. The SMILES string of the molecule is O=C(Cn1c(=O)oc2ccccc21)Nc1ccc(CCN2CCSCC2)cc1. The molecule has 7 heteroatoms. The van der Waals surface area contributed by atoms with Crippen LogP contribution in [0.25, 0.3) is 11.1 Å². The van der Waals surface area contributed by atoms with Crippen LogP contribution >= 0.6 is 11.8 Å². The Morgan fingerprint density at radius 1 is 1.07 bits per heavy atom. The minimum atomic E-state index is -0.525. The fraction of sp³-hybridized carbons (Fsp3) is 0.333. The fourth-order valence-electron chi connectivity index (χ4n) is 3.37. The highest BCUT2D eigenvalue weighted by Crippen LogP contribution is 2.14. The van der Waals surface area contributed by atoms with Crippen molar-refractivity contribution in [1.82, 2.24) is 9.47 Å². The number of benzene rings is 2. The molecule has 3 aromatic rings. The lowest BCUT2D eigenvalue weighted by molar-refractivity contribution is -0.116. The topological polar surface area (TPSA) is 67.5 Å². The van der Waals surface area contributed by atoms with Gasteiger partial charge in [0, 0.05) is 36.8 Å². The average molecular weight is 398 g/mol. The molecule has 1 N–H and O–H groups in total. The maximum absolute atomic E-state index is 12.4. The predicted molar refractivity (Wildman–Crippen MR) is 113 cm³/mol. The molecule has 0 radical (unpaired) electrons. The molecule has 1 saturated heterocycles. The number of para-hydroxylation sites is 2. The smallest absolute Gasteiger partial charge is 0.408 e. The number of nitrogens with one attached hydrogen (secondary N) is 1. The molecule has 0 aliphatic carbocycles. The summed E-state index contributed by atoms with van der Waals surface area (Å²) in [6.45, 7) is 3.33. The van der Waals surface area contributed by atoms with Crippen molar-refractivity contribution in [2.24, 2.45) is 0 Å². The molecule has 1 amide bonds. The number of fused-ring (bicyclic) bond motifs is 1. The largest absolute Gasteiger partial charge is 0.420 e. The van der Waals surface area contributed by atoms with E-state index in [4.69, 9.17) is 4.42 Å². The number of carbonyl (C=O) groups excluding carboxylic acids is 1. The van der Waals surface area contributed by atoms with Crippen molar-refractivity contribution in [2.75, 3.05) is 36.5 Å². The predicted octanol–water partition coefficient (Wildman–Crippen LogP) is 2.82. The Labute approximate surface area is 167 Å². The zero-order chi connectivity index (χ0) is 19.3. The molecule has 146 valence electrons. The molecule has 6 nitrogen and oxygen atoms in total. The number of hydrogen-bond acceptors (Lipinski definition) is 5. The van der Waals surface area contributed by atoms with Gasteiger partial charge < -0.3 is 14.6 Å². The Morgan fingerprint density at radius 3 is 2.61 bits per heavy atom. The van der Waals surface area contributed by atoms with Crippen molar-refractivity contribution < 1.29 is 9.21 Å². The number of amides is 1. The minimum Gasteiger partial charge on any atom is -0.408 e. The normalized spacial score (nSPS) is 15.0. The molecule has 0 saturated carbocycles. The lowest BCUT2D eigenvalue weighted by Gasteiger charge is -2.26. The van der Waals surface area contributed by atoms with Crippen LogP contribution in [0.2, 0.25) is 0 Å². The summed E-state index contributed by atoms with van der Waals surface area (Å²) >= 11 is 2.02. The van der Waals surface area contributed by atoms with Crippen LogP contribution in [0.15, 0.2) is 57.7 Å². The third kappa shape index (κ3) is 4.48. The number of thioether (sulfide) groups is 1. The van der Waals surface area contributed by atoms with E-state index in [0.29, 0.717) is 11.1 Å². The van der Waals surface area contributed by atoms with E-state index in [1.54, 1.807) is 18.2 Å². The Kier molecular flexibility index (Phi) is 5.83. The first-order valence-corrected chi connectivity index (χ1v) is 10.6. The van der Waals surface area contributed by atoms with Crippen LogP contribution in [0.4, 0.5) is 5.69 Å². The summed E-state index contributed by atoms with van der Waals surface area (Å²) in [7, 11) is 0. The first-order chi connectivity index (χ1) is 13.7. The van der Waals surface area contributed by atoms with Crippen molar-refractivity contribution >= 4 is 34.5 Å². The number of hydrogen-bond donors (Lipinski definition) is 1. The first-order valence-electron chi connectivity index (χ1n) is 9.46. The molecule has 1 aromatic heterocycles. The van der Waals surface area contributed by atoms with Crippen LogP contribution in [-0.2, 0) is 17.8 Å². The molecule has 28 heavy (non-hydrogen) atoms. The summed E-state index contributed by atoms with van der Waals surface area (Å²) < 4.78 is 6.51. The van der Waals surface area contributed by atoms with E-state index in [2.05, 4.69) is 10.2 Å². The number of nitrogens with zero attached hydrogens (tertiary/aromatic N) is 2. The quantitative estimate of drug-likeness (QED) is 0.693. The van der Waals surface area contributed by atoms with Gasteiger partial charge in [0.2, 0.25) is 5.91 Å². The number of oxazole rings is 1. The molecule has 0 atom stereocenters. The van der Waals surface area contributed by atoms with E-state index in [1.165, 1.54) is 34.7 Å². The second kappa shape index (κ2) is 8.67. The number of aromatic nitrogens is 1. The summed E-state index contributed by atoms with van der Waals surface area (Å²) in [5.74, 6) is 1.66. The van der Waals surface area contributed by atoms with Crippen molar-refractivity contribution in [1.29, 1.82) is 0 Å². The highest BCUT2D eigenvalue weighted by atomic mass is 32.2. The molecule has 1 aliphatic rings. The van der Waals surface area contributed by atoms with Crippen molar-refractivity contribution in [3.8, 4) is 0 Å². The van der Waals surface area contributed by atoms with E-state index >= 15 is 0 Å². The fourth-order valence-corrected chi connectivity index (χ4v) is 4.35. The van der Waals surface area contributed by atoms with Crippen LogP contribution in [0, 0.1) is 0 Å². The van der Waals surface area contributed by atoms with Gasteiger partial charge in [0.05, 0.1) is 5.52 Å². The lowest BCUT2D eigenvalue weighted by atomic mass is 10.1. The molecule has 2 heterocycles. The van der Waals surface area contributed by atoms with Crippen LogP contribution in [0.1, 0.15) is 5.56 Å². The second-order valence-corrected chi connectivity index (χ2v) is 8.10. The second-order valence-electron chi connectivity index (χ2n) is 6.87. The van der Waals surface area contributed by atoms with Crippen LogP contribution < -0.4 is 11.1 Å². The van der Waals surface area contributed by atoms with E-state index in [1.807, 2.05) is 42.1 Å². The number of anilines is 1. The Balaban J connectivity index is 1.34. The molecule has 1 aliphatic heterocycles. The van der Waals surface area contributed by atoms with Crippen LogP contribution in [0.5, 0.6) is 0 Å². The minimum absolute atomic E-state index is 0.0788. The van der Waals surface area contributed by atoms with Crippen LogP contribution in [-0.4, -0.2) is 46.5 Å². The van der Waals surface area contributed by atoms with Gasteiger partial charge in [0.25, 0.3) is 0 Å². The number of carbonyl (C=O) groups is 1. The van der Waals surface area contributed by atoms with E-state index < -0.39 is 5.76 Å². The molecule has 0 spiro atoms. The average Bonchev–Trinajstić information content (AvgIpc) is 3.03. The summed E-state index contributed by atoms with van der Waals surface area (Å²) in [4.78, 5) is 26.9. The summed E-state index contributed by atoms with van der Waals surface area (Å²) in [5, 5.41) is 2.85. The monoisotopic (exact) mass is 397 g/mol. The van der Waals surface area contributed by atoms with Gasteiger partial charge in [-0.1, -0.05) is 24.3 Å². The Hall–Kier alpha value is -2.51. The van der Waals surface area contributed by atoms with Crippen molar-refractivity contribution in [3.05, 3.63) is 64.6 Å².